The van der Waals surface area contributed by atoms with Gasteiger partial charge in [0.05, 0.1) is 58.0 Å². The molecule has 19 heteroatoms. The number of nitro benzene ring substituents is 1. The van der Waals surface area contributed by atoms with E-state index in [0.717, 1.165) is 75.5 Å². The third kappa shape index (κ3) is 9.46. The van der Waals surface area contributed by atoms with Crippen LogP contribution >= 0.6 is 0 Å². The van der Waals surface area contributed by atoms with E-state index in [0.29, 0.717) is 86.8 Å². The minimum Gasteiger partial charge on any atom is -0.489 e. The average Bonchev–Trinajstić information content (AvgIpc) is 3.72. The largest absolute Gasteiger partial charge is 0.489 e. The lowest BCUT2D eigenvalue weighted by Gasteiger charge is -2.56. The first-order valence-corrected chi connectivity index (χ1v) is 28.5. The van der Waals surface area contributed by atoms with E-state index in [1.54, 1.807) is 6.07 Å². The van der Waals surface area contributed by atoms with Crippen molar-refractivity contribution >= 4 is 55.4 Å². The number of hydrogen-bond donors (Lipinski definition) is 4. The van der Waals surface area contributed by atoms with Crippen molar-refractivity contribution in [3.8, 4) is 11.6 Å². The number of nitrogens with one attached hydrogen (secondary N) is 3. The molecule has 2 aliphatic carbocycles. The predicted molar refractivity (Wildman–Crippen MR) is 284 cm³/mol. The van der Waals surface area contributed by atoms with E-state index in [9.17, 15) is 28.4 Å². The molecule has 0 radical (unpaired) electrons. The summed E-state index contributed by atoms with van der Waals surface area (Å²) >= 11 is 0. The van der Waals surface area contributed by atoms with Crippen LogP contribution in [-0.4, -0.2) is 122 Å². The molecule has 7 aliphatic rings. The van der Waals surface area contributed by atoms with Crippen LogP contribution in [0.4, 0.5) is 28.4 Å². The van der Waals surface area contributed by atoms with Crippen LogP contribution < -0.4 is 29.3 Å². The first-order valence-electron chi connectivity index (χ1n) is 27.0. The minimum absolute atomic E-state index is 0.00839. The Morgan fingerprint density at radius 3 is 2.51 bits per heavy atom. The lowest BCUT2D eigenvalue weighted by Crippen LogP contribution is -2.56. The molecule has 398 valence electrons. The molecular weight excluding hydrogens is 977 g/mol. The fraction of sp³-hybridized carbons (Fsp3) is 0.536. The Bertz CT molecular complexity index is 3100. The third-order valence-electron chi connectivity index (χ3n) is 17.7. The van der Waals surface area contributed by atoms with Gasteiger partial charge in [-0.25, -0.2) is 13.1 Å². The number of benzene rings is 3. The first-order chi connectivity index (χ1) is 36.1. The molecule has 0 bridgehead atoms. The third-order valence-corrected chi connectivity index (χ3v) is 19.0. The first kappa shape index (κ1) is 49.9. The van der Waals surface area contributed by atoms with Crippen LogP contribution in [0.3, 0.4) is 0 Å². The summed E-state index contributed by atoms with van der Waals surface area (Å²) in [7, 11) is -4.72. The number of nitro groups is 1. The summed E-state index contributed by atoms with van der Waals surface area (Å²) in [4.78, 5) is 41.6. The zero-order valence-corrected chi connectivity index (χ0v) is 43.8. The van der Waals surface area contributed by atoms with Crippen molar-refractivity contribution in [3.63, 3.8) is 0 Å². The summed E-state index contributed by atoms with van der Waals surface area (Å²) in [5, 5.41) is 27.3. The molecule has 5 aromatic rings. The molecule has 2 saturated carbocycles. The summed E-state index contributed by atoms with van der Waals surface area (Å²) in [6, 6.07) is 20.7. The zero-order valence-electron chi connectivity index (χ0n) is 43.0. The van der Waals surface area contributed by atoms with Gasteiger partial charge in [0.15, 0.2) is 11.4 Å². The molecular formula is C56H68N8O10S. The van der Waals surface area contributed by atoms with Crippen LogP contribution in [0.5, 0.6) is 11.6 Å². The van der Waals surface area contributed by atoms with Crippen molar-refractivity contribution < 1.29 is 42.2 Å². The molecule has 1 spiro atoms. The second-order valence-electron chi connectivity index (χ2n) is 22.8. The second kappa shape index (κ2) is 19.5. The van der Waals surface area contributed by atoms with Gasteiger partial charge in [-0.3, -0.25) is 19.8 Å². The number of hydrogen-bond acceptors (Lipinski definition) is 15. The molecule has 4 atom stereocenters. The topological polar surface area (TPSA) is 214 Å². The highest BCUT2D eigenvalue weighted by Crippen LogP contribution is 2.54. The van der Waals surface area contributed by atoms with Crippen molar-refractivity contribution in [1.29, 1.82) is 0 Å². The molecule has 5 aliphatic heterocycles. The number of aromatic amines is 1. The van der Waals surface area contributed by atoms with E-state index >= 15 is 0 Å². The maximum absolute atomic E-state index is 14.9. The van der Waals surface area contributed by atoms with Crippen molar-refractivity contribution in [1.82, 2.24) is 19.6 Å². The second-order valence-corrected chi connectivity index (χ2v) is 24.5. The quantitative estimate of drug-likeness (QED) is 0.0760. The van der Waals surface area contributed by atoms with Crippen molar-refractivity contribution in [2.24, 2.45) is 11.3 Å². The lowest BCUT2D eigenvalue weighted by molar-refractivity contribution is -0.384. The number of fused-ring (bicyclic) bond motifs is 4. The van der Waals surface area contributed by atoms with E-state index < -0.39 is 43.1 Å². The molecule has 3 aromatic carbocycles. The molecule has 4 N–H and O–H groups in total. The number of pyridine rings is 1. The molecule has 0 unspecified atom stereocenters. The minimum atomic E-state index is -4.72. The number of rotatable bonds is 10. The number of ether oxygens (including phenoxy) is 4. The Labute approximate surface area is 437 Å². The fourth-order valence-electron chi connectivity index (χ4n) is 13.4. The number of piperidine rings is 1. The van der Waals surface area contributed by atoms with Gasteiger partial charge < -0.3 is 44.2 Å². The highest BCUT2D eigenvalue weighted by Gasteiger charge is 2.50. The SMILES string of the molecule is CC(C)c1ccccc1[C@@H]1COCCCN1C1CC2(CCN(c3ccc(C(=O)NS(=O)(=O)c4cc5c(c([N+](=O)[O-])c4)N[C@H](C4CCC(C)(O)CC4)CO5)c(N4c5cc6cc[nH]c6nc5O[C@H]5COCC[C@@H]54)c3)CC2)C1. The van der Waals surface area contributed by atoms with E-state index in [1.165, 1.54) is 17.2 Å². The Morgan fingerprint density at radius 1 is 0.933 bits per heavy atom. The van der Waals surface area contributed by atoms with Crippen molar-refractivity contribution in [2.75, 3.05) is 67.8 Å². The summed E-state index contributed by atoms with van der Waals surface area (Å²) in [6.07, 6.45) is 9.87. The van der Waals surface area contributed by atoms with Crippen LogP contribution in [0, 0.1) is 21.4 Å². The maximum Gasteiger partial charge on any atom is 0.297 e. The van der Waals surface area contributed by atoms with Crippen molar-refractivity contribution in [2.45, 2.75) is 132 Å². The molecule has 1 amide bonds. The molecule has 5 fully saturated rings. The number of amides is 1. The van der Waals surface area contributed by atoms with Gasteiger partial charge in [-0.15, -0.1) is 0 Å². The van der Waals surface area contributed by atoms with E-state index in [2.05, 4.69) is 67.8 Å². The summed E-state index contributed by atoms with van der Waals surface area (Å²) < 4.78 is 55.9. The number of sulfonamides is 1. The molecule has 7 heterocycles. The number of aliphatic hydroxyl groups is 1. The van der Waals surface area contributed by atoms with Crippen LogP contribution in [0.15, 0.2) is 77.8 Å². The maximum atomic E-state index is 14.9. The highest BCUT2D eigenvalue weighted by atomic mass is 32.2. The lowest BCUT2D eigenvalue weighted by atomic mass is 9.59. The standard InChI is InChI=1S/C56H68N8O10S/c1-34(2)40-7-4-5-8-41(40)48-32-71-23-6-20-62(48)38-29-56(30-38)17-21-61(22-18-56)37-9-10-42(45(26-37)63-44-14-24-72-33-50(44)74-54-47(63)25-36-13-19-57-52(36)59-54)53(65)60-75(69,70)39-27-46(64(67)68)51-49(28-39)73-31-43(58-51)35-11-15-55(3,66)16-12-35/h4-5,7-10,13,19,25-28,34-35,38,43-44,48,50,58,66H,6,11-12,14-18,20-24,29-33H2,1-3H3,(H,57,59)(H,60,65)/t35?,43-,44-,48-,50-,55?/m0/s1. The van der Waals surface area contributed by atoms with Crippen molar-refractivity contribution in [3.05, 3.63) is 99.7 Å². The molecule has 12 rings (SSSR count). The van der Waals surface area contributed by atoms with Gasteiger partial charge in [0.2, 0.25) is 5.88 Å². The molecule has 75 heavy (non-hydrogen) atoms. The number of nitrogens with zero attached hydrogens (tertiary/aromatic N) is 5. The highest BCUT2D eigenvalue weighted by molar-refractivity contribution is 7.90. The van der Waals surface area contributed by atoms with Crippen LogP contribution in [0.1, 0.15) is 118 Å². The number of aromatic nitrogens is 2. The van der Waals surface area contributed by atoms with Crippen LogP contribution in [0.25, 0.3) is 11.0 Å². The van der Waals surface area contributed by atoms with Gasteiger partial charge in [0.25, 0.3) is 21.6 Å². The monoisotopic (exact) mass is 1040 g/mol. The number of H-pyrrole nitrogens is 1. The van der Waals surface area contributed by atoms with E-state index in [4.69, 9.17) is 23.9 Å². The summed E-state index contributed by atoms with van der Waals surface area (Å²) in [5.41, 5.74) is 4.61. The number of carbonyl (C=O) groups excluding carboxylic acids is 1. The molecule has 3 saturated heterocycles. The molecule has 18 nitrogen and oxygen atoms in total. The Morgan fingerprint density at radius 2 is 1.72 bits per heavy atom. The van der Waals surface area contributed by atoms with Gasteiger partial charge in [-0.1, -0.05) is 38.1 Å². The van der Waals surface area contributed by atoms with E-state index in [-0.39, 0.29) is 53.1 Å². The fourth-order valence-corrected chi connectivity index (χ4v) is 14.4. The Balaban J connectivity index is 0.831. The van der Waals surface area contributed by atoms with Crippen LogP contribution in [-0.2, 0) is 19.5 Å². The Kier molecular flexibility index (Phi) is 13.0. The smallest absolute Gasteiger partial charge is 0.297 e. The van der Waals surface area contributed by atoms with Gasteiger partial charge in [-0.05, 0) is 130 Å². The average molecular weight is 1050 g/mol. The normalized spacial score (nSPS) is 27.0. The number of anilines is 4. The van der Waals surface area contributed by atoms with Gasteiger partial charge in [0, 0.05) is 68.3 Å². The number of carbonyl (C=O) groups is 1. The summed E-state index contributed by atoms with van der Waals surface area (Å²) in [5.74, 6) is -0.0124. The van der Waals surface area contributed by atoms with Gasteiger partial charge >= 0.3 is 0 Å². The Hall–Kier alpha value is -5.99. The van der Waals surface area contributed by atoms with Crippen LogP contribution in [0.2, 0.25) is 0 Å². The van der Waals surface area contributed by atoms with Gasteiger partial charge in [0.1, 0.15) is 24.0 Å². The predicted octanol–water partition coefficient (Wildman–Crippen LogP) is 8.73. The zero-order chi connectivity index (χ0) is 51.8. The molecule has 2 aromatic heterocycles. The van der Waals surface area contributed by atoms with Gasteiger partial charge in [-0.2, -0.15) is 4.98 Å². The van der Waals surface area contributed by atoms with E-state index in [1.807, 2.05) is 37.4 Å². The summed E-state index contributed by atoms with van der Waals surface area (Å²) in [6.45, 7) is 11.4.